The van der Waals surface area contributed by atoms with E-state index in [2.05, 4.69) is 20.5 Å². The smallest absolute Gasteiger partial charge is 0.231 e. The molecule has 0 aliphatic carbocycles. The van der Waals surface area contributed by atoms with Gasteiger partial charge in [-0.05, 0) is 41.3 Å². The van der Waals surface area contributed by atoms with Crippen molar-refractivity contribution in [2.45, 2.75) is 11.2 Å². The van der Waals surface area contributed by atoms with E-state index in [1.165, 1.54) is 23.9 Å². The van der Waals surface area contributed by atoms with Crippen molar-refractivity contribution in [2.24, 2.45) is 7.05 Å². The van der Waals surface area contributed by atoms with E-state index in [0.717, 1.165) is 16.0 Å². The Balaban J connectivity index is 1.45. The minimum atomic E-state index is -0.328. The minimum absolute atomic E-state index is 0.142. The summed E-state index contributed by atoms with van der Waals surface area (Å²) in [6, 6.07) is 13.5. The summed E-state index contributed by atoms with van der Waals surface area (Å²) in [7, 11) is 1.86. The van der Waals surface area contributed by atoms with Gasteiger partial charge < -0.3 is 9.88 Å². The van der Waals surface area contributed by atoms with Gasteiger partial charge in [-0.3, -0.25) is 9.78 Å². The van der Waals surface area contributed by atoms with Gasteiger partial charge in [0.05, 0.1) is 11.8 Å². The van der Waals surface area contributed by atoms with E-state index >= 15 is 0 Å². The first-order valence-corrected chi connectivity index (χ1v) is 11.0. The van der Waals surface area contributed by atoms with Gasteiger partial charge in [0.1, 0.15) is 5.82 Å². The first-order valence-electron chi connectivity index (χ1n) is 9.12. The van der Waals surface area contributed by atoms with E-state index in [1.807, 2.05) is 41.3 Å². The van der Waals surface area contributed by atoms with Gasteiger partial charge in [-0.25, -0.2) is 4.39 Å². The van der Waals surface area contributed by atoms with Crippen molar-refractivity contribution in [3.63, 3.8) is 0 Å². The summed E-state index contributed by atoms with van der Waals surface area (Å²) in [4.78, 5) is 17.7. The zero-order valence-electron chi connectivity index (χ0n) is 16.0. The summed E-state index contributed by atoms with van der Waals surface area (Å²) in [6.07, 6.45) is 3.40. The number of hydrogen-bond acceptors (Lipinski definition) is 6. The highest BCUT2D eigenvalue weighted by Gasteiger charge is 2.19. The number of thiophene rings is 1. The van der Waals surface area contributed by atoms with E-state index < -0.39 is 0 Å². The molecule has 0 saturated carbocycles. The Hall–Kier alpha value is -3.04. The van der Waals surface area contributed by atoms with Gasteiger partial charge in [-0.15, -0.1) is 21.5 Å². The molecule has 6 nitrogen and oxygen atoms in total. The Morgan fingerprint density at radius 3 is 2.63 bits per heavy atom. The molecule has 1 aromatic carbocycles. The Morgan fingerprint density at radius 1 is 1.17 bits per heavy atom. The minimum Gasteiger partial charge on any atom is -0.344 e. The molecule has 3 heterocycles. The Kier molecular flexibility index (Phi) is 6.20. The zero-order valence-corrected chi connectivity index (χ0v) is 17.7. The van der Waals surface area contributed by atoms with E-state index in [-0.39, 0.29) is 23.5 Å². The van der Waals surface area contributed by atoms with Crippen LogP contribution < -0.4 is 5.32 Å². The van der Waals surface area contributed by atoms with Crippen molar-refractivity contribution in [3.8, 4) is 11.4 Å². The average Bonchev–Trinajstić information content (AvgIpc) is 3.42. The zero-order chi connectivity index (χ0) is 20.9. The number of pyridine rings is 1. The van der Waals surface area contributed by atoms with Crippen LogP contribution in [0.5, 0.6) is 0 Å². The molecule has 0 fully saturated rings. The van der Waals surface area contributed by atoms with Crippen LogP contribution in [0.25, 0.3) is 11.4 Å². The van der Waals surface area contributed by atoms with Crippen molar-refractivity contribution < 1.29 is 9.18 Å². The van der Waals surface area contributed by atoms with Gasteiger partial charge >= 0.3 is 0 Å². The molecule has 30 heavy (non-hydrogen) atoms. The van der Waals surface area contributed by atoms with Crippen LogP contribution in [0, 0.1) is 5.82 Å². The molecule has 0 radical (unpaired) electrons. The molecule has 9 heteroatoms. The van der Waals surface area contributed by atoms with E-state index in [1.54, 1.807) is 35.9 Å². The molecule has 1 atom stereocenters. The molecule has 3 aromatic heterocycles. The van der Waals surface area contributed by atoms with Crippen molar-refractivity contribution in [1.82, 2.24) is 25.1 Å². The lowest BCUT2D eigenvalue weighted by molar-refractivity contribution is -0.119. The van der Waals surface area contributed by atoms with Crippen LogP contribution in [0.1, 0.15) is 16.5 Å². The van der Waals surface area contributed by atoms with Gasteiger partial charge in [0.15, 0.2) is 11.0 Å². The maximum atomic E-state index is 13.3. The lowest BCUT2D eigenvalue weighted by atomic mass is 10.1. The van der Waals surface area contributed by atoms with Crippen molar-refractivity contribution in [3.05, 3.63) is 82.6 Å². The third kappa shape index (κ3) is 4.58. The summed E-state index contributed by atoms with van der Waals surface area (Å²) in [5, 5.41) is 14.1. The van der Waals surface area contributed by atoms with E-state index in [0.29, 0.717) is 11.0 Å². The fraction of sp³-hybridized carbons (Fsp3) is 0.143. The largest absolute Gasteiger partial charge is 0.344 e. The van der Waals surface area contributed by atoms with Gasteiger partial charge in [-0.1, -0.05) is 30.0 Å². The Labute approximate surface area is 181 Å². The molecule has 0 saturated heterocycles. The van der Waals surface area contributed by atoms with Crippen molar-refractivity contribution >= 4 is 29.0 Å². The quantitative estimate of drug-likeness (QED) is 0.440. The monoisotopic (exact) mass is 439 g/mol. The standard InChI is InChI=1S/C21H18FN5OS2/c1-27-20(15-8-10-23-11-9-15)25-26-21(27)30-13-18(28)24-19(17-3-2-12-29-17)14-4-6-16(22)7-5-14/h2-12,19H,13H2,1H3,(H,24,28)/t19-/m0/s1. The predicted octanol–water partition coefficient (Wildman–Crippen LogP) is 4.08. The van der Waals surface area contributed by atoms with Crippen molar-refractivity contribution in [1.29, 1.82) is 0 Å². The van der Waals surface area contributed by atoms with Gasteiger partial charge in [0.25, 0.3) is 0 Å². The fourth-order valence-electron chi connectivity index (χ4n) is 2.96. The van der Waals surface area contributed by atoms with Gasteiger partial charge in [-0.2, -0.15) is 0 Å². The normalized spacial score (nSPS) is 11.9. The van der Waals surface area contributed by atoms with Crippen LogP contribution in [0.4, 0.5) is 4.39 Å². The Bertz CT molecular complexity index is 1110. The highest BCUT2D eigenvalue weighted by Crippen LogP contribution is 2.27. The maximum absolute atomic E-state index is 13.3. The summed E-state index contributed by atoms with van der Waals surface area (Å²) in [5.74, 6) is 0.447. The molecule has 152 valence electrons. The van der Waals surface area contributed by atoms with Crippen LogP contribution >= 0.6 is 23.1 Å². The molecule has 0 bridgehead atoms. The number of aromatic nitrogens is 4. The number of nitrogens with one attached hydrogen (secondary N) is 1. The number of nitrogens with zero attached hydrogens (tertiary/aromatic N) is 4. The van der Waals surface area contributed by atoms with Gasteiger partial charge in [0, 0.05) is 29.9 Å². The molecular formula is C21H18FN5OS2. The van der Waals surface area contributed by atoms with Crippen LogP contribution in [0.2, 0.25) is 0 Å². The molecule has 1 amide bonds. The third-order valence-corrected chi connectivity index (χ3v) is 6.40. The molecule has 1 N–H and O–H groups in total. The molecule has 0 aliphatic heterocycles. The fourth-order valence-corrected chi connectivity index (χ4v) is 4.48. The van der Waals surface area contributed by atoms with Crippen LogP contribution in [0.15, 0.2) is 71.5 Å². The summed E-state index contributed by atoms with van der Waals surface area (Å²) in [6.45, 7) is 0. The van der Waals surface area contributed by atoms with Crippen LogP contribution in [-0.2, 0) is 11.8 Å². The first-order chi connectivity index (χ1) is 14.6. The third-order valence-electron chi connectivity index (χ3n) is 4.44. The summed E-state index contributed by atoms with van der Waals surface area (Å²) < 4.78 is 15.2. The second-order valence-corrected chi connectivity index (χ2v) is 8.38. The number of halogens is 1. The molecule has 4 rings (SSSR count). The number of carbonyl (C=O) groups is 1. The van der Waals surface area contributed by atoms with Crippen molar-refractivity contribution in [2.75, 3.05) is 5.75 Å². The van der Waals surface area contributed by atoms with Crippen LogP contribution in [-0.4, -0.2) is 31.4 Å². The van der Waals surface area contributed by atoms with E-state index in [9.17, 15) is 9.18 Å². The Morgan fingerprint density at radius 2 is 1.93 bits per heavy atom. The molecule has 4 aromatic rings. The molecule has 0 aliphatic rings. The van der Waals surface area contributed by atoms with Gasteiger partial charge in [0.2, 0.25) is 5.91 Å². The number of rotatable bonds is 7. The molecule has 0 unspecified atom stereocenters. The van der Waals surface area contributed by atoms with E-state index in [4.69, 9.17) is 0 Å². The van der Waals surface area contributed by atoms with Crippen LogP contribution in [0.3, 0.4) is 0 Å². The average molecular weight is 440 g/mol. The predicted molar refractivity (Wildman–Crippen MR) is 116 cm³/mol. The topological polar surface area (TPSA) is 72.7 Å². The molecule has 0 spiro atoms. The highest BCUT2D eigenvalue weighted by atomic mass is 32.2. The lowest BCUT2D eigenvalue weighted by Gasteiger charge is -2.18. The lowest BCUT2D eigenvalue weighted by Crippen LogP contribution is -2.30. The summed E-state index contributed by atoms with van der Waals surface area (Å²) >= 11 is 2.86. The summed E-state index contributed by atoms with van der Waals surface area (Å²) in [5.41, 5.74) is 1.74. The SMILES string of the molecule is Cn1c(SCC(=O)N[C@@H](c2ccc(F)cc2)c2cccs2)nnc1-c1ccncc1. The highest BCUT2D eigenvalue weighted by molar-refractivity contribution is 7.99. The second-order valence-electron chi connectivity index (χ2n) is 6.46. The molecular weight excluding hydrogens is 421 g/mol. The number of amides is 1. The maximum Gasteiger partial charge on any atom is 0.231 e. The number of thioether (sulfide) groups is 1. The first kappa shape index (κ1) is 20.2. The number of benzene rings is 1. The second kappa shape index (κ2) is 9.19. The number of carbonyl (C=O) groups excluding carboxylic acids is 1. The number of hydrogen-bond donors (Lipinski definition) is 1.